The molecule has 0 aromatic carbocycles. The first-order valence-corrected chi connectivity index (χ1v) is 6.34. The van der Waals surface area contributed by atoms with E-state index in [0.29, 0.717) is 11.5 Å². The molecule has 0 atom stereocenters. The summed E-state index contributed by atoms with van der Waals surface area (Å²) in [5.41, 5.74) is 5.31. The highest BCUT2D eigenvalue weighted by Gasteiger charge is 2.38. The zero-order valence-corrected chi connectivity index (χ0v) is 11.6. The van der Waals surface area contributed by atoms with Gasteiger partial charge in [0.05, 0.1) is 10.5 Å². The molecule has 0 aromatic heterocycles. The highest BCUT2D eigenvalue weighted by molar-refractivity contribution is 7.80. The molecule has 17 heavy (non-hydrogen) atoms. The minimum Gasteiger partial charge on any atom is -0.391 e. The van der Waals surface area contributed by atoms with Crippen LogP contribution in [0.15, 0.2) is 0 Å². The number of carbonyl (C=O) groups is 1. The van der Waals surface area contributed by atoms with Crippen LogP contribution in [0.4, 0.5) is 4.79 Å². The van der Waals surface area contributed by atoms with E-state index in [1.54, 1.807) is 11.9 Å². The molecule has 1 saturated heterocycles. The van der Waals surface area contributed by atoms with Crippen LogP contribution in [-0.4, -0.2) is 60.1 Å². The highest BCUT2D eigenvalue weighted by atomic mass is 32.1. The topological polar surface area (TPSA) is 61.6 Å². The third kappa shape index (κ3) is 3.29. The fourth-order valence-electron chi connectivity index (χ4n) is 1.88. The Morgan fingerprint density at radius 2 is 2.06 bits per heavy atom. The van der Waals surface area contributed by atoms with Gasteiger partial charge >= 0.3 is 6.03 Å². The lowest BCUT2D eigenvalue weighted by Gasteiger charge is -2.41. The number of carbonyl (C=O) groups excluding carboxylic acids is 1. The van der Waals surface area contributed by atoms with Gasteiger partial charge in [0.2, 0.25) is 0 Å². The smallest absolute Gasteiger partial charge is 0.317 e. The van der Waals surface area contributed by atoms with Gasteiger partial charge in [-0.05, 0) is 26.8 Å². The number of rotatable bonds is 3. The second kappa shape index (κ2) is 5.64. The van der Waals surface area contributed by atoms with Crippen molar-refractivity contribution >= 4 is 23.2 Å². The molecule has 0 aromatic rings. The number of nitrogens with zero attached hydrogens (tertiary/aromatic N) is 2. The average Bonchev–Trinajstić information content (AvgIpc) is 2.30. The first kappa shape index (κ1) is 14.2. The van der Waals surface area contributed by atoms with E-state index in [0.717, 1.165) is 25.9 Å². The quantitative estimate of drug-likeness (QED) is 0.719. The lowest BCUT2D eigenvalue weighted by atomic mass is 9.87. The SMILES string of the molecule is CCN(C)C(=O)NC1(C(N)=S)CCN(C)CC1. The minimum absolute atomic E-state index is 0.107. The Morgan fingerprint density at radius 3 is 2.47 bits per heavy atom. The maximum absolute atomic E-state index is 11.9. The van der Waals surface area contributed by atoms with Crippen LogP contribution in [0.5, 0.6) is 0 Å². The van der Waals surface area contributed by atoms with Gasteiger partial charge in [-0.2, -0.15) is 0 Å². The Morgan fingerprint density at radius 1 is 1.53 bits per heavy atom. The van der Waals surface area contributed by atoms with E-state index in [2.05, 4.69) is 17.3 Å². The van der Waals surface area contributed by atoms with Crippen LogP contribution in [-0.2, 0) is 0 Å². The molecule has 0 unspecified atom stereocenters. The molecule has 1 fully saturated rings. The van der Waals surface area contributed by atoms with Crippen molar-refractivity contribution in [3.05, 3.63) is 0 Å². The number of likely N-dealkylation sites (tertiary alicyclic amines) is 1. The van der Waals surface area contributed by atoms with Gasteiger partial charge in [0.25, 0.3) is 0 Å². The predicted molar refractivity (Wildman–Crippen MR) is 73.1 cm³/mol. The van der Waals surface area contributed by atoms with Gasteiger partial charge in [-0.25, -0.2) is 4.79 Å². The van der Waals surface area contributed by atoms with Crippen LogP contribution in [0.25, 0.3) is 0 Å². The Hall–Kier alpha value is -0.880. The molecule has 98 valence electrons. The van der Waals surface area contributed by atoms with Crippen molar-refractivity contribution in [1.82, 2.24) is 15.1 Å². The van der Waals surface area contributed by atoms with Crippen molar-refractivity contribution in [1.29, 1.82) is 0 Å². The number of nitrogens with one attached hydrogen (secondary N) is 1. The summed E-state index contributed by atoms with van der Waals surface area (Å²) in [4.78, 5) is 16.1. The van der Waals surface area contributed by atoms with Crippen molar-refractivity contribution in [3.63, 3.8) is 0 Å². The van der Waals surface area contributed by atoms with Crippen LogP contribution >= 0.6 is 12.2 Å². The summed E-state index contributed by atoms with van der Waals surface area (Å²) in [6.07, 6.45) is 1.56. The van der Waals surface area contributed by atoms with E-state index in [1.165, 1.54) is 0 Å². The Kier molecular flexibility index (Phi) is 4.70. The average molecular weight is 258 g/mol. The molecule has 0 bridgehead atoms. The summed E-state index contributed by atoms with van der Waals surface area (Å²) in [5.74, 6) is 0. The summed E-state index contributed by atoms with van der Waals surface area (Å²) >= 11 is 5.13. The number of nitrogens with two attached hydrogens (primary N) is 1. The molecule has 2 amide bonds. The Labute approximate surface area is 108 Å². The normalized spacial score (nSPS) is 19.7. The second-order valence-corrected chi connectivity index (χ2v) is 5.13. The molecule has 0 radical (unpaired) electrons. The minimum atomic E-state index is -0.512. The third-order valence-electron chi connectivity index (χ3n) is 3.48. The number of amides is 2. The molecule has 5 nitrogen and oxygen atoms in total. The molecule has 0 saturated carbocycles. The standard InChI is InChI=1S/C11H22N4OS/c1-4-15(3)10(16)13-11(9(12)17)5-7-14(2)8-6-11/h4-8H2,1-3H3,(H2,12,17)(H,13,16). The summed E-state index contributed by atoms with van der Waals surface area (Å²) < 4.78 is 0. The Balaban J connectivity index is 2.73. The fourth-order valence-corrected chi connectivity index (χ4v) is 2.13. The number of thiocarbonyl (C=S) groups is 1. The van der Waals surface area contributed by atoms with Crippen LogP contribution in [0.2, 0.25) is 0 Å². The third-order valence-corrected chi connectivity index (χ3v) is 3.87. The van der Waals surface area contributed by atoms with Gasteiger partial charge < -0.3 is 20.9 Å². The Bertz CT molecular complexity index is 300. The lowest BCUT2D eigenvalue weighted by molar-refractivity contribution is 0.176. The second-order valence-electron chi connectivity index (χ2n) is 4.69. The molecule has 1 aliphatic rings. The maximum atomic E-state index is 11.9. The summed E-state index contributed by atoms with van der Waals surface area (Å²) in [6, 6.07) is -0.107. The zero-order valence-electron chi connectivity index (χ0n) is 10.8. The first-order valence-electron chi connectivity index (χ1n) is 5.93. The van der Waals surface area contributed by atoms with Crippen molar-refractivity contribution in [2.75, 3.05) is 33.7 Å². The van der Waals surface area contributed by atoms with E-state index < -0.39 is 5.54 Å². The molecular formula is C11H22N4OS. The number of hydrogen-bond donors (Lipinski definition) is 2. The fraction of sp³-hybridized carbons (Fsp3) is 0.818. The van der Waals surface area contributed by atoms with E-state index in [4.69, 9.17) is 18.0 Å². The van der Waals surface area contributed by atoms with Crippen LogP contribution < -0.4 is 11.1 Å². The van der Waals surface area contributed by atoms with Gasteiger partial charge in [-0.1, -0.05) is 12.2 Å². The van der Waals surface area contributed by atoms with Gasteiger partial charge in [-0.3, -0.25) is 0 Å². The molecular weight excluding hydrogens is 236 g/mol. The van der Waals surface area contributed by atoms with Crippen molar-refractivity contribution in [2.24, 2.45) is 5.73 Å². The predicted octanol–water partition coefficient (Wildman–Crippen LogP) is 0.398. The molecule has 1 rings (SSSR count). The van der Waals surface area contributed by atoms with Gasteiger partial charge in [-0.15, -0.1) is 0 Å². The summed E-state index contributed by atoms with van der Waals surface area (Å²) in [7, 11) is 3.82. The molecule has 0 aliphatic carbocycles. The zero-order chi connectivity index (χ0) is 13.1. The lowest BCUT2D eigenvalue weighted by Crippen LogP contribution is -2.63. The largest absolute Gasteiger partial charge is 0.391 e. The number of hydrogen-bond acceptors (Lipinski definition) is 3. The molecule has 0 spiro atoms. The van der Waals surface area contributed by atoms with Crippen LogP contribution in [0.3, 0.4) is 0 Å². The van der Waals surface area contributed by atoms with E-state index >= 15 is 0 Å². The van der Waals surface area contributed by atoms with E-state index in [-0.39, 0.29) is 6.03 Å². The monoisotopic (exact) mass is 258 g/mol. The first-order chi connectivity index (χ1) is 7.91. The summed E-state index contributed by atoms with van der Waals surface area (Å²) in [5, 5.41) is 3.00. The van der Waals surface area contributed by atoms with Crippen molar-refractivity contribution in [2.45, 2.75) is 25.3 Å². The molecule has 6 heteroatoms. The highest BCUT2D eigenvalue weighted by Crippen LogP contribution is 2.22. The molecule has 1 aliphatic heterocycles. The van der Waals surface area contributed by atoms with Gasteiger partial charge in [0, 0.05) is 26.7 Å². The van der Waals surface area contributed by atoms with Gasteiger partial charge in [0.15, 0.2) is 0 Å². The van der Waals surface area contributed by atoms with Gasteiger partial charge in [0.1, 0.15) is 0 Å². The molecule has 1 heterocycles. The van der Waals surface area contributed by atoms with E-state index in [9.17, 15) is 4.79 Å². The van der Waals surface area contributed by atoms with Crippen LogP contribution in [0.1, 0.15) is 19.8 Å². The van der Waals surface area contributed by atoms with Crippen LogP contribution in [0, 0.1) is 0 Å². The molecule has 3 N–H and O–H groups in total. The summed E-state index contributed by atoms with van der Waals surface area (Å²) in [6.45, 7) is 4.39. The maximum Gasteiger partial charge on any atom is 0.317 e. The van der Waals surface area contributed by atoms with Crippen molar-refractivity contribution < 1.29 is 4.79 Å². The van der Waals surface area contributed by atoms with E-state index in [1.807, 2.05) is 6.92 Å². The van der Waals surface area contributed by atoms with Crippen molar-refractivity contribution in [3.8, 4) is 0 Å². The number of piperidine rings is 1. The number of urea groups is 1.